The van der Waals surface area contributed by atoms with E-state index in [-0.39, 0.29) is 22.3 Å². The second-order valence-electron chi connectivity index (χ2n) is 7.30. The Morgan fingerprint density at radius 3 is 2.53 bits per heavy atom. The van der Waals surface area contributed by atoms with Gasteiger partial charge in [0.15, 0.2) is 5.76 Å². The molecule has 164 valence electrons. The summed E-state index contributed by atoms with van der Waals surface area (Å²) in [6, 6.07) is 11.5. The highest BCUT2D eigenvalue weighted by Gasteiger charge is 2.28. The van der Waals surface area contributed by atoms with Crippen LogP contribution in [0.1, 0.15) is 50.6 Å². The van der Waals surface area contributed by atoms with E-state index in [1.807, 2.05) is 0 Å². The SMILES string of the molecule is Cc1c(C(=O)Nc2cccc(Cl)c2)oc2c1/C(=N/NC(=O)c1ccc(Cl)cc1Cl)CCC2. The lowest BCUT2D eigenvalue weighted by atomic mass is 9.93. The molecule has 9 heteroatoms. The maximum absolute atomic E-state index is 12.8. The summed E-state index contributed by atoms with van der Waals surface area (Å²) < 4.78 is 5.88. The summed E-state index contributed by atoms with van der Waals surface area (Å²) in [7, 11) is 0. The maximum atomic E-state index is 12.8. The van der Waals surface area contributed by atoms with Gasteiger partial charge in [-0.1, -0.05) is 40.9 Å². The summed E-state index contributed by atoms with van der Waals surface area (Å²) in [5, 5.41) is 8.29. The zero-order valence-electron chi connectivity index (χ0n) is 17.0. The lowest BCUT2D eigenvalue weighted by Crippen LogP contribution is -2.22. The van der Waals surface area contributed by atoms with Gasteiger partial charge in [0.2, 0.25) is 0 Å². The molecule has 2 amide bonds. The van der Waals surface area contributed by atoms with Crippen molar-refractivity contribution in [3.8, 4) is 0 Å². The van der Waals surface area contributed by atoms with Gasteiger partial charge in [0, 0.05) is 33.3 Å². The minimum absolute atomic E-state index is 0.205. The zero-order chi connectivity index (χ0) is 22.8. The van der Waals surface area contributed by atoms with Crippen LogP contribution in [0.25, 0.3) is 0 Å². The highest BCUT2D eigenvalue weighted by Crippen LogP contribution is 2.30. The lowest BCUT2D eigenvalue weighted by Gasteiger charge is -2.13. The zero-order valence-corrected chi connectivity index (χ0v) is 19.2. The summed E-state index contributed by atoms with van der Waals surface area (Å²) in [6.45, 7) is 1.80. The molecule has 6 nitrogen and oxygen atoms in total. The van der Waals surface area contributed by atoms with Crippen molar-refractivity contribution in [1.29, 1.82) is 0 Å². The third-order valence-electron chi connectivity index (χ3n) is 5.08. The maximum Gasteiger partial charge on any atom is 0.291 e. The van der Waals surface area contributed by atoms with Crippen LogP contribution in [-0.4, -0.2) is 17.5 Å². The van der Waals surface area contributed by atoms with E-state index in [0.29, 0.717) is 45.6 Å². The number of hydrogen-bond acceptors (Lipinski definition) is 4. The molecule has 0 fully saturated rings. The molecule has 0 unspecified atom stereocenters. The number of rotatable bonds is 4. The molecule has 0 saturated carbocycles. The molecule has 2 aromatic carbocycles. The predicted octanol–water partition coefficient (Wildman–Crippen LogP) is 6.27. The Morgan fingerprint density at radius 1 is 1.00 bits per heavy atom. The minimum Gasteiger partial charge on any atom is -0.455 e. The number of carbonyl (C=O) groups excluding carboxylic acids is 2. The number of benzene rings is 2. The molecule has 3 aromatic rings. The number of anilines is 1. The van der Waals surface area contributed by atoms with E-state index in [4.69, 9.17) is 39.2 Å². The van der Waals surface area contributed by atoms with Gasteiger partial charge in [-0.2, -0.15) is 5.10 Å². The molecule has 1 aromatic heterocycles. The molecule has 0 aliphatic heterocycles. The van der Waals surface area contributed by atoms with Crippen LogP contribution < -0.4 is 10.7 Å². The first-order valence-electron chi connectivity index (χ1n) is 9.85. The molecular weight excluding hydrogens is 473 g/mol. The molecule has 0 atom stereocenters. The van der Waals surface area contributed by atoms with Gasteiger partial charge < -0.3 is 9.73 Å². The fourth-order valence-electron chi connectivity index (χ4n) is 3.60. The van der Waals surface area contributed by atoms with Gasteiger partial charge in [-0.3, -0.25) is 9.59 Å². The van der Waals surface area contributed by atoms with Crippen molar-refractivity contribution < 1.29 is 14.0 Å². The molecule has 4 rings (SSSR count). The molecule has 0 bridgehead atoms. The average Bonchev–Trinajstić information content (AvgIpc) is 3.09. The first kappa shape index (κ1) is 22.4. The molecule has 0 spiro atoms. The van der Waals surface area contributed by atoms with E-state index in [2.05, 4.69) is 15.8 Å². The summed E-state index contributed by atoms with van der Waals surface area (Å²) >= 11 is 18.0. The van der Waals surface area contributed by atoms with Gasteiger partial charge in [0.1, 0.15) is 5.76 Å². The van der Waals surface area contributed by atoms with Crippen LogP contribution in [0.5, 0.6) is 0 Å². The molecule has 1 aliphatic carbocycles. The van der Waals surface area contributed by atoms with Gasteiger partial charge in [-0.05, 0) is 56.2 Å². The van der Waals surface area contributed by atoms with E-state index < -0.39 is 5.91 Å². The Morgan fingerprint density at radius 2 is 1.78 bits per heavy atom. The third-order valence-corrected chi connectivity index (χ3v) is 5.87. The Balaban J connectivity index is 1.57. The van der Waals surface area contributed by atoms with Crippen molar-refractivity contribution in [3.05, 3.63) is 85.7 Å². The first-order valence-corrected chi connectivity index (χ1v) is 11.0. The molecule has 1 aliphatic rings. The van der Waals surface area contributed by atoms with Gasteiger partial charge in [0.05, 0.1) is 16.3 Å². The van der Waals surface area contributed by atoms with Crippen LogP contribution >= 0.6 is 34.8 Å². The number of fused-ring (bicyclic) bond motifs is 1. The summed E-state index contributed by atoms with van der Waals surface area (Å²) in [5.41, 5.74) is 5.43. The van der Waals surface area contributed by atoms with Crippen molar-refractivity contribution in [2.45, 2.75) is 26.2 Å². The molecular formula is C23H18Cl3N3O3. The normalized spacial score (nSPS) is 14.2. The fourth-order valence-corrected chi connectivity index (χ4v) is 4.29. The number of furan rings is 1. The quantitative estimate of drug-likeness (QED) is 0.423. The van der Waals surface area contributed by atoms with Crippen molar-refractivity contribution >= 4 is 58.0 Å². The van der Waals surface area contributed by atoms with E-state index >= 15 is 0 Å². The third kappa shape index (κ3) is 4.67. The van der Waals surface area contributed by atoms with Gasteiger partial charge in [0.25, 0.3) is 11.8 Å². The van der Waals surface area contributed by atoms with Crippen LogP contribution in [-0.2, 0) is 6.42 Å². The van der Waals surface area contributed by atoms with Crippen molar-refractivity contribution in [2.24, 2.45) is 5.10 Å². The topological polar surface area (TPSA) is 83.7 Å². The number of carbonyl (C=O) groups is 2. The van der Waals surface area contributed by atoms with Crippen molar-refractivity contribution in [2.75, 3.05) is 5.32 Å². The fraction of sp³-hybridized carbons (Fsp3) is 0.174. The minimum atomic E-state index is -0.452. The largest absolute Gasteiger partial charge is 0.455 e. The number of hydrazone groups is 1. The van der Waals surface area contributed by atoms with Crippen molar-refractivity contribution in [1.82, 2.24) is 5.43 Å². The number of amides is 2. The Kier molecular flexibility index (Phi) is 6.55. The van der Waals surface area contributed by atoms with E-state index in [9.17, 15) is 9.59 Å². The highest BCUT2D eigenvalue weighted by molar-refractivity contribution is 6.36. The first-order chi connectivity index (χ1) is 15.3. The molecule has 32 heavy (non-hydrogen) atoms. The predicted molar refractivity (Wildman–Crippen MR) is 126 cm³/mol. The highest BCUT2D eigenvalue weighted by atomic mass is 35.5. The smallest absolute Gasteiger partial charge is 0.291 e. The standard InChI is InChI=1S/C23H18Cl3N3O3/c1-12-20-18(28-29-22(30)16-9-8-14(25)11-17(16)26)6-3-7-19(20)32-21(12)23(31)27-15-5-2-4-13(24)10-15/h2,4-5,8-11H,3,6-7H2,1H3,(H,27,31)(H,29,30)/b28-18+. The molecule has 1 heterocycles. The Bertz CT molecular complexity index is 1250. The number of nitrogens with one attached hydrogen (secondary N) is 2. The molecule has 2 N–H and O–H groups in total. The number of hydrogen-bond donors (Lipinski definition) is 2. The second-order valence-corrected chi connectivity index (χ2v) is 8.58. The number of nitrogens with zero attached hydrogens (tertiary/aromatic N) is 1. The van der Waals surface area contributed by atoms with Crippen molar-refractivity contribution in [3.63, 3.8) is 0 Å². The average molecular weight is 491 g/mol. The van der Waals surface area contributed by atoms with Gasteiger partial charge in [-0.15, -0.1) is 0 Å². The summed E-state index contributed by atoms with van der Waals surface area (Å²) in [4.78, 5) is 25.3. The molecule has 0 radical (unpaired) electrons. The summed E-state index contributed by atoms with van der Waals surface area (Å²) in [5.74, 6) is 0.0426. The van der Waals surface area contributed by atoms with Crippen LogP contribution in [0.4, 0.5) is 5.69 Å². The van der Waals surface area contributed by atoms with E-state index in [1.54, 1.807) is 37.3 Å². The Hall–Kier alpha value is -2.80. The molecule has 0 saturated heterocycles. The monoisotopic (exact) mass is 489 g/mol. The van der Waals surface area contributed by atoms with E-state index in [1.165, 1.54) is 12.1 Å². The summed E-state index contributed by atoms with van der Waals surface area (Å²) in [6.07, 6.45) is 2.10. The van der Waals surface area contributed by atoms with Gasteiger partial charge >= 0.3 is 0 Å². The van der Waals surface area contributed by atoms with Gasteiger partial charge in [-0.25, -0.2) is 5.43 Å². The Labute approximate surface area is 199 Å². The van der Waals surface area contributed by atoms with Crippen LogP contribution in [0, 0.1) is 6.92 Å². The van der Waals surface area contributed by atoms with E-state index in [0.717, 1.165) is 12.0 Å². The van der Waals surface area contributed by atoms with Crippen LogP contribution in [0.2, 0.25) is 15.1 Å². The van der Waals surface area contributed by atoms with Crippen LogP contribution in [0.15, 0.2) is 52.0 Å². The van der Waals surface area contributed by atoms with Crippen LogP contribution in [0.3, 0.4) is 0 Å². The number of halogens is 3. The second kappa shape index (κ2) is 9.36. The number of aryl methyl sites for hydroxylation is 1. The lowest BCUT2D eigenvalue weighted by molar-refractivity contribution is 0.0953.